The van der Waals surface area contributed by atoms with Gasteiger partial charge in [0.05, 0.1) is 6.04 Å². The van der Waals surface area contributed by atoms with Crippen molar-refractivity contribution in [1.82, 2.24) is 16.0 Å². The third-order valence-electron chi connectivity index (χ3n) is 5.46. The van der Waals surface area contributed by atoms with Gasteiger partial charge in [0.25, 0.3) is 0 Å². The monoisotopic (exact) mass is 475 g/mol. The van der Waals surface area contributed by atoms with Crippen molar-refractivity contribution in [3.05, 3.63) is 0 Å². The lowest BCUT2D eigenvalue weighted by molar-refractivity contribution is -0.142. The predicted molar refractivity (Wildman–Crippen MR) is 123 cm³/mol. The second-order valence-corrected chi connectivity index (χ2v) is 8.30. The normalized spacial score (nSPS) is 16.6. The van der Waals surface area contributed by atoms with Crippen LogP contribution in [0, 0.1) is 11.8 Å². The van der Waals surface area contributed by atoms with E-state index < -0.39 is 53.8 Å². The second kappa shape index (κ2) is 14.7. The van der Waals surface area contributed by atoms with Crippen LogP contribution in [-0.2, 0) is 24.0 Å². The number of nitrogens with one attached hydrogen (secondary N) is 3. The number of hydrogen-bond donors (Lipinski definition) is 7. The fraction of sp³-hybridized carbons (Fsp3) is 0.750. The van der Waals surface area contributed by atoms with Crippen molar-refractivity contribution < 1.29 is 29.1 Å². The summed E-state index contributed by atoms with van der Waals surface area (Å²) in [5, 5.41) is 16.6. The summed E-state index contributed by atoms with van der Waals surface area (Å²) in [6, 6.07) is -4.30. The van der Waals surface area contributed by atoms with Crippen LogP contribution in [0.4, 0.5) is 0 Å². The minimum atomic E-state index is -1.26. The second-order valence-electron chi connectivity index (χ2n) is 7.93. The molecule has 32 heavy (non-hydrogen) atoms. The Labute approximate surface area is 194 Å². The molecular weight excluding hydrogens is 438 g/mol. The zero-order valence-corrected chi connectivity index (χ0v) is 20.0. The number of hydrogen-bond acceptors (Lipinski definition) is 7. The molecule has 8 N–H and O–H groups in total. The van der Waals surface area contributed by atoms with Gasteiger partial charge in [-0.3, -0.25) is 19.2 Å². The summed E-state index contributed by atoms with van der Waals surface area (Å²) in [5.41, 5.74) is 11.1. The van der Waals surface area contributed by atoms with Crippen molar-refractivity contribution in [3.8, 4) is 0 Å². The molecule has 11 nitrogen and oxygen atoms in total. The summed E-state index contributed by atoms with van der Waals surface area (Å²) < 4.78 is 0. The summed E-state index contributed by atoms with van der Waals surface area (Å²) in [6.45, 7) is 7.20. The quantitative estimate of drug-likeness (QED) is 0.150. The summed E-state index contributed by atoms with van der Waals surface area (Å²) in [7, 11) is 0. The lowest BCUT2D eigenvalue weighted by Crippen LogP contribution is -2.59. The lowest BCUT2D eigenvalue weighted by atomic mass is 9.96. The van der Waals surface area contributed by atoms with Crippen LogP contribution < -0.4 is 27.4 Å². The molecule has 0 fully saturated rings. The number of rotatable bonds is 15. The van der Waals surface area contributed by atoms with Gasteiger partial charge in [0.2, 0.25) is 23.6 Å². The molecule has 0 aromatic carbocycles. The maximum absolute atomic E-state index is 12.9. The van der Waals surface area contributed by atoms with Crippen LogP contribution in [0.1, 0.15) is 53.4 Å². The number of carbonyl (C=O) groups is 5. The molecule has 0 aromatic rings. The number of carbonyl (C=O) groups excluding carboxylic acids is 4. The van der Waals surface area contributed by atoms with Crippen molar-refractivity contribution in [2.24, 2.45) is 23.3 Å². The van der Waals surface area contributed by atoms with Gasteiger partial charge in [-0.05, 0) is 18.3 Å². The third kappa shape index (κ3) is 9.86. The Bertz CT molecular complexity index is 677. The van der Waals surface area contributed by atoms with Crippen molar-refractivity contribution in [3.63, 3.8) is 0 Å². The van der Waals surface area contributed by atoms with Gasteiger partial charge >= 0.3 is 5.97 Å². The highest BCUT2D eigenvalue weighted by molar-refractivity contribution is 7.80. The third-order valence-corrected chi connectivity index (χ3v) is 5.83. The van der Waals surface area contributed by atoms with Gasteiger partial charge in [0, 0.05) is 12.2 Å². The number of amides is 4. The first-order chi connectivity index (χ1) is 14.9. The molecule has 6 atom stereocenters. The van der Waals surface area contributed by atoms with E-state index in [1.807, 2.05) is 13.8 Å². The number of carboxylic acids is 1. The summed E-state index contributed by atoms with van der Waals surface area (Å²) in [6.07, 6.45) is 0.911. The SMILES string of the molecule is CCC(C)C(N)C(=O)NC(CCC(N)=O)C(=O)NC(C(=O)NC(CS)C(=O)O)C(C)CC. The number of nitrogens with two attached hydrogens (primary N) is 2. The van der Waals surface area contributed by atoms with Crippen LogP contribution in [-0.4, -0.2) is 64.6 Å². The van der Waals surface area contributed by atoms with Crippen LogP contribution in [0.2, 0.25) is 0 Å². The van der Waals surface area contributed by atoms with E-state index in [0.29, 0.717) is 12.8 Å². The maximum atomic E-state index is 12.9. The lowest BCUT2D eigenvalue weighted by Gasteiger charge is -2.28. The number of thiol groups is 1. The summed E-state index contributed by atoms with van der Waals surface area (Å²) in [5.74, 6) is -4.47. The zero-order valence-electron chi connectivity index (χ0n) is 19.1. The molecule has 0 aliphatic heterocycles. The molecule has 12 heteroatoms. The van der Waals surface area contributed by atoms with E-state index in [2.05, 4.69) is 28.6 Å². The highest BCUT2D eigenvalue weighted by Crippen LogP contribution is 2.11. The molecule has 4 amide bonds. The van der Waals surface area contributed by atoms with Gasteiger partial charge in [0.15, 0.2) is 0 Å². The average Bonchev–Trinajstić information content (AvgIpc) is 2.75. The van der Waals surface area contributed by atoms with Crippen molar-refractivity contribution >= 4 is 42.2 Å². The van der Waals surface area contributed by atoms with Crippen LogP contribution in [0.3, 0.4) is 0 Å². The summed E-state index contributed by atoms with van der Waals surface area (Å²) in [4.78, 5) is 60.6. The Morgan fingerprint density at radius 3 is 1.84 bits per heavy atom. The first-order valence-corrected chi connectivity index (χ1v) is 11.3. The molecule has 0 aliphatic carbocycles. The van der Waals surface area contributed by atoms with Crippen LogP contribution in [0.5, 0.6) is 0 Å². The van der Waals surface area contributed by atoms with Crippen LogP contribution in [0.25, 0.3) is 0 Å². The Morgan fingerprint density at radius 2 is 1.41 bits per heavy atom. The topological polar surface area (TPSA) is 194 Å². The molecule has 0 saturated heterocycles. The van der Waals surface area contributed by atoms with Crippen LogP contribution in [0.15, 0.2) is 0 Å². The molecule has 184 valence electrons. The molecule has 0 aromatic heterocycles. The number of carboxylic acid groups (broad SMARTS) is 1. The average molecular weight is 476 g/mol. The first kappa shape index (κ1) is 29.7. The van der Waals surface area contributed by atoms with Crippen molar-refractivity contribution in [2.75, 3.05) is 5.75 Å². The molecule has 0 saturated carbocycles. The van der Waals surface area contributed by atoms with E-state index in [1.165, 1.54) is 0 Å². The minimum Gasteiger partial charge on any atom is -0.480 e. The molecular formula is C20H37N5O6S. The van der Waals surface area contributed by atoms with Gasteiger partial charge in [0.1, 0.15) is 18.1 Å². The van der Waals surface area contributed by atoms with Crippen molar-refractivity contribution in [1.29, 1.82) is 0 Å². The highest BCUT2D eigenvalue weighted by Gasteiger charge is 2.33. The van der Waals surface area contributed by atoms with Gasteiger partial charge in [-0.2, -0.15) is 12.6 Å². The molecule has 0 bridgehead atoms. The molecule has 0 radical (unpaired) electrons. The van der Waals surface area contributed by atoms with Crippen LogP contribution >= 0.6 is 12.6 Å². The predicted octanol–water partition coefficient (Wildman–Crippen LogP) is -0.860. The van der Waals surface area contributed by atoms with E-state index in [-0.39, 0.29) is 30.4 Å². The van der Waals surface area contributed by atoms with Gasteiger partial charge in [-0.15, -0.1) is 0 Å². The Morgan fingerprint density at radius 1 is 0.875 bits per heavy atom. The van der Waals surface area contributed by atoms with E-state index in [4.69, 9.17) is 16.6 Å². The molecule has 0 heterocycles. The van der Waals surface area contributed by atoms with Gasteiger partial charge in [-0.25, -0.2) is 4.79 Å². The smallest absolute Gasteiger partial charge is 0.327 e. The van der Waals surface area contributed by atoms with E-state index in [9.17, 15) is 24.0 Å². The standard InChI is InChI=1S/C20H37N5O6S/c1-5-10(3)15(22)18(28)23-12(7-8-14(21)26)17(27)25-16(11(4)6-2)19(29)24-13(9-32)20(30)31/h10-13,15-16,32H,5-9,22H2,1-4H3,(H2,21,26)(H,23,28)(H,24,29)(H,25,27)(H,30,31). The Hall–Kier alpha value is -2.34. The molecule has 0 rings (SSSR count). The maximum Gasteiger partial charge on any atom is 0.327 e. The highest BCUT2D eigenvalue weighted by atomic mass is 32.1. The minimum absolute atomic E-state index is 0.0800. The zero-order chi connectivity index (χ0) is 25.0. The molecule has 0 aliphatic rings. The number of aliphatic carboxylic acids is 1. The fourth-order valence-electron chi connectivity index (χ4n) is 2.74. The first-order valence-electron chi connectivity index (χ1n) is 10.7. The fourth-order valence-corrected chi connectivity index (χ4v) is 2.99. The summed E-state index contributed by atoms with van der Waals surface area (Å²) >= 11 is 3.92. The van der Waals surface area contributed by atoms with Crippen molar-refractivity contribution in [2.45, 2.75) is 77.5 Å². The van der Waals surface area contributed by atoms with Gasteiger partial charge < -0.3 is 32.5 Å². The molecule has 6 unspecified atom stereocenters. The molecule has 0 spiro atoms. The largest absolute Gasteiger partial charge is 0.480 e. The Balaban J connectivity index is 5.57. The van der Waals surface area contributed by atoms with E-state index in [1.54, 1.807) is 13.8 Å². The van der Waals surface area contributed by atoms with E-state index >= 15 is 0 Å². The van der Waals surface area contributed by atoms with Gasteiger partial charge in [-0.1, -0.05) is 40.5 Å². The Kier molecular flexibility index (Phi) is 13.6. The van der Waals surface area contributed by atoms with E-state index in [0.717, 1.165) is 0 Å². The number of primary amides is 1.